The summed E-state index contributed by atoms with van der Waals surface area (Å²) in [4.78, 5) is 20.0. The largest absolute Gasteiger partial charge is 0.424 e. The molecule has 0 saturated carbocycles. The van der Waals surface area contributed by atoms with Crippen LogP contribution in [0.2, 0.25) is 0 Å². The molecule has 0 aliphatic rings. The fourth-order valence-electron chi connectivity index (χ4n) is 1.69. The molecule has 7 nitrogen and oxygen atoms in total. The third kappa shape index (κ3) is 4.51. The number of ether oxygens (including phenoxy) is 2. The number of nitrogens with zero attached hydrogens (tertiary/aromatic N) is 2. The summed E-state index contributed by atoms with van der Waals surface area (Å²) in [5.74, 6) is 0.382. The second kappa shape index (κ2) is 8.06. The number of nitrogens with one attached hydrogen (secondary N) is 1. The van der Waals surface area contributed by atoms with Gasteiger partial charge in [0, 0.05) is 32.0 Å². The Morgan fingerprint density at radius 3 is 2.73 bits per heavy atom. The first-order chi connectivity index (χ1) is 10.7. The Kier molecular flexibility index (Phi) is 5.81. The SMILES string of the molecule is COCCNC(=O)c1ccc(Oc2nccc(CN)n2)cc1. The molecule has 2 rings (SSSR count). The maximum Gasteiger partial charge on any atom is 0.322 e. The molecule has 0 saturated heterocycles. The number of carbonyl (C=O) groups is 1. The van der Waals surface area contributed by atoms with Crippen LogP contribution in [0.5, 0.6) is 11.8 Å². The zero-order valence-corrected chi connectivity index (χ0v) is 12.3. The minimum Gasteiger partial charge on any atom is -0.424 e. The predicted molar refractivity (Wildman–Crippen MR) is 80.6 cm³/mol. The molecule has 0 radical (unpaired) electrons. The maximum atomic E-state index is 11.8. The first-order valence-electron chi connectivity index (χ1n) is 6.80. The quantitative estimate of drug-likeness (QED) is 0.743. The van der Waals surface area contributed by atoms with Crippen LogP contribution in [0, 0.1) is 0 Å². The number of rotatable bonds is 7. The molecule has 0 fully saturated rings. The van der Waals surface area contributed by atoms with Crippen LogP contribution < -0.4 is 15.8 Å². The van der Waals surface area contributed by atoms with E-state index in [0.29, 0.717) is 36.7 Å². The number of amides is 1. The van der Waals surface area contributed by atoms with Crippen molar-refractivity contribution in [2.75, 3.05) is 20.3 Å². The smallest absolute Gasteiger partial charge is 0.322 e. The van der Waals surface area contributed by atoms with E-state index in [0.717, 1.165) is 0 Å². The summed E-state index contributed by atoms with van der Waals surface area (Å²) >= 11 is 0. The molecular weight excluding hydrogens is 284 g/mol. The molecule has 0 aliphatic heterocycles. The van der Waals surface area contributed by atoms with Gasteiger partial charge in [0.25, 0.3) is 5.91 Å². The highest BCUT2D eigenvalue weighted by atomic mass is 16.5. The van der Waals surface area contributed by atoms with E-state index >= 15 is 0 Å². The lowest BCUT2D eigenvalue weighted by Crippen LogP contribution is -2.26. The molecule has 3 N–H and O–H groups in total. The van der Waals surface area contributed by atoms with Crippen molar-refractivity contribution in [1.82, 2.24) is 15.3 Å². The van der Waals surface area contributed by atoms with Gasteiger partial charge in [-0.15, -0.1) is 0 Å². The van der Waals surface area contributed by atoms with Gasteiger partial charge in [0.2, 0.25) is 0 Å². The lowest BCUT2D eigenvalue weighted by Gasteiger charge is -2.07. The monoisotopic (exact) mass is 302 g/mol. The fourth-order valence-corrected chi connectivity index (χ4v) is 1.69. The van der Waals surface area contributed by atoms with E-state index in [1.165, 1.54) is 0 Å². The van der Waals surface area contributed by atoms with Gasteiger partial charge in [-0.1, -0.05) is 0 Å². The zero-order chi connectivity index (χ0) is 15.8. The molecule has 1 aromatic carbocycles. The third-order valence-corrected chi connectivity index (χ3v) is 2.82. The Morgan fingerprint density at radius 1 is 1.27 bits per heavy atom. The molecule has 22 heavy (non-hydrogen) atoms. The van der Waals surface area contributed by atoms with E-state index in [1.54, 1.807) is 43.6 Å². The molecule has 0 spiro atoms. The summed E-state index contributed by atoms with van der Waals surface area (Å²) in [7, 11) is 1.58. The van der Waals surface area contributed by atoms with Gasteiger partial charge < -0.3 is 20.5 Å². The molecule has 7 heteroatoms. The van der Waals surface area contributed by atoms with Crippen molar-refractivity contribution in [3.05, 3.63) is 47.8 Å². The Hall–Kier alpha value is -2.51. The van der Waals surface area contributed by atoms with Crippen molar-refractivity contribution >= 4 is 5.91 Å². The number of benzene rings is 1. The summed E-state index contributed by atoms with van der Waals surface area (Å²) in [6.45, 7) is 1.26. The van der Waals surface area contributed by atoms with Crippen LogP contribution >= 0.6 is 0 Å². The first kappa shape index (κ1) is 15.9. The van der Waals surface area contributed by atoms with Crippen LogP contribution in [0.15, 0.2) is 36.5 Å². The number of nitrogens with two attached hydrogens (primary N) is 1. The van der Waals surface area contributed by atoms with E-state index in [1.807, 2.05) is 0 Å². The highest BCUT2D eigenvalue weighted by Crippen LogP contribution is 2.18. The Labute approximate surface area is 128 Å². The van der Waals surface area contributed by atoms with Gasteiger partial charge >= 0.3 is 6.01 Å². The molecule has 1 amide bonds. The van der Waals surface area contributed by atoms with Crippen molar-refractivity contribution in [3.63, 3.8) is 0 Å². The first-order valence-corrected chi connectivity index (χ1v) is 6.80. The molecule has 0 atom stereocenters. The van der Waals surface area contributed by atoms with Crippen LogP contribution in [-0.4, -0.2) is 36.1 Å². The van der Waals surface area contributed by atoms with Crippen molar-refractivity contribution in [1.29, 1.82) is 0 Å². The molecule has 0 bridgehead atoms. The number of methoxy groups -OCH3 is 1. The van der Waals surface area contributed by atoms with E-state index < -0.39 is 0 Å². The fraction of sp³-hybridized carbons (Fsp3) is 0.267. The van der Waals surface area contributed by atoms with Crippen LogP contribution in [0.4, 0.5) is 0 Å². The van der Waals surface area contributed by atoms with Gasteiger partial charge in [-0.25, -0.2) is 4.98 Å². The number of aromatic nitrogens is 2. The number of hydrogen-bond acceptors (Lipinski definition) is 6. The van der Waals surface area contributed by atoms with Crippen LogP contribution in [-0.2, 0) is 11.3 Å². The van der Waals surface area contributed by atoms with Crippen LogP contribution in [0.25, 0.3) is 0 Å². The van der Waals surface area contributed by atoms with Gasteiger partial charge in [0.05, 0.1) is 12.3 Å². The molecule has 0 aliphatic carbocycles. The van der Waals surface area contributed by atoms with Gasteiger partial charge in [-0.2, -0.15) is 4.98 Å². The zero-order valence-electron chi connectivity index (χ0n) is 12.3. The van der Waals surface area contributed by atoms with E-state index in [-0.39, 0.29) is 11.9 Å². The van der Waals surface area contributed by atoms with Gasteiger partial charge in [0.15, 0.2) is 0 Å². The van der Waals surface area contributed by atoms with E-state index in [9.17, 15) is 4.79 Å². The topological polar surface area (TPSA) is 99.4 Å². The van der Waals surface area contributed by atoms with E-state index in [4.69, 9.17) is 15.2 Å². The number of hydrogen-bond donors (Lipinski definition) is 2. The minimum absolute atomic E-state index is 0.162. The lowest BCUT2D eigenvalue weighted by atomic mass is 10.2. The molecule has 1 heterocycles. The normalized spacial score (nSPS) is 10.3. The summed E-state index contributed by atoms with van der Waals surface area (Å²) in [6, 6.07) is 8.66. The van der Waals surface area contributed by atoms with Gasteiger partial charge in [-0.05, 0) is 30.3 Å². The Bertz CT molecular complexity index is 616. The van der Waals surface area contributed by atoms with Crippen molar-refractivity contribution in [2.24, 2.45) is 5.73 Å². The second-order valence-electron chi connectivity index (χ2n) is 4.41. The summed E-state index contributed by atoms with van der Waals surface area (Å²) in [5, 5.41) is 2.74. The van der Waals surface area contributed by atoms with Gasteiger partial charge in [-0.3, -0.25) is 4.79 Å². The average molecular weight is 302 g/mol. The van der Waals surface area contributed by atoms with Crippen molar-refractivity contribution in [3.8, 4) is 11.8 Å². The Morgan fingerprint density at radius 2 is 2.05 bits per heavy atom. The predicted octanol–water partition coefficient (Wildman–Crippen LogP) is 1.10. The molecule has 0 unspecified atom stereocenters. The summed E-state index contributed by atoms with van der Waals surface area (Å²) in [6.07, 6.45) is 1.59. The minimum atomic E-state index is -0.162. The second-order valence-corrected chi connectivity index (χ2v) is 4.41. The van der Waals surface area contributed by atoms with Gasteiger partial charge in [0.1, 0.15) is 5.75 Å². The molecule has 1 aromatic heterocycles. The maximum absolute atomic E-state index is 11.8. The molecule has 2 aromatic rings. The lowest BCUT2D eigenvalue weighted by molar-refractivity contribution is 0.0937. The van der Waals surface area contributed by atoms with Crippen molar-refractivity contribution in [2.45, 2.75) is 6.54 Å². The van der Waals surface area contributed by atoms with E-state index in [2.05, 4.69) is 15.3 Å². The van der Waals surface area contributed by atoms with Crippen LogP contribution in [0.1, 0.15) is 16.1 Å². The third-order valence-electron chi connectivity index (χ3n) is 2.82. The summed E-state index contributed by atoms with van der Waals surface area (Å²) < 4.78 is 10.4. The Balaban J connectivity index is 1.97. The molecular formula is C15H18N4O3. The highest BCUT2D eigenvalue weighted by molar-refractivity contribution is 5.94. The van der Waals surface area contributed by atoms with Crippen molar-refractivity contribution < 1.29 is 14.3 Å². The van der Waals surface area contributed by atoms with Crippen LogP contribution in [0.3, 0.4) is 0 Å². The number of carbonyl (C=O) groups excluding carboxylic acids is 1. The average Bonchev–Trinajstić information content (AvgIpc) is 2.56. The highest BCUT2D eigenvalue weighted by Gasteiger charge is 2.06. The summed E-state index contributed by atoms with van der Waals surface area (Å²) in [5.41, 5.74) is 6.75. The standard InChI is InChI=1S/C15H18N4O3/c1-21-9-8-17-14(20)11-2-4-13(5-3-11)22-15-18-7-6-12(10-16)19-15/h2-7H,8-10,16H2,1H3,(H,17,20). The molecule has 116 valence electrons.